The van der Waals surface area contributed by atoms with Crippen LogP contribution in [0.2, 0.25) is 0 Å². The summed E-state index contributed by atoms with van der Waals surface area (Å²) in [4.78, 5) is 12.2. The molecular weight excluding hydrogens is 278 g/mol. The maximum Gasteiger partial charge on any atom is 0.227 e. The van der Waals surface area contributed by atoms with Crippen LogP contribution in [-0.2, 0) is 11.2 Å². The van der Waals surface area contributed by atoms with Crippen molar-refractivity contribution < 1.29 is 14.3 Å². The molecule has 1 aromatic carbocycles. The second-order valence-corrected chi connectivity index (χ2v) is 5.21. The van der Waals surface area contributed by atoms with Crippen LogP contribution < -0.4 is 14.8 Å². The van der Waals surface area contributed by atoms with Gasteiger partial charge < -0.3 is 14.8 Å². The second-order valence-electron chi connectivity index (χ2n) is 4.83. The van der Waals surface area contributed by atoms with E-state index in [4.69, 9.17) is 21.1 Å². The van der Waals surface area contributed by atoms with Crippen molar-refractivity contribution in [2.24, 2.45) is 0 Å². The minimum absolute atomic E-state index is 0.0705. The molecule has 0 saturated carbocycles. The molecule has 20 heavy (non-hydrogen) atoms. The standard InChI is InChI=1S/C15H20ClNO3/c1-19-13-8-10-5-7-17-15(18)11(4-3-6-16)12(10)9-14(13)20-2/h8-9,11H,3-7H2,1-2H3,(H,17,18). The minimum Gasteiger partial charge on any atom is -0.493 e. The molecule has 1 aliphatic heterocycles. The summed E-state index contributed by atoms with van der Waals surface area (Å²) >= 11 is 5.77. The third-order valence-corrected chi connectivity index (χ3v) is 3.92. The molecule has 1 atom stereocenters. The van der Waals surface area contributed by atoms with E-state index in [0.29, 0.717) is 23.9 Å². The molecule has 0 saturated heterocycles. The number of hydrogen-bond acceptors (Lipinski definition) is 3. The largest absolute Gasteiger partial charge is 0.493 e. The van der Waals surface area contributed by atoms with Gasteiger partial charge in [-0.05, 0) is 42.5 Å². The van der Waals surface area contributed by atoms with Crippen molar-refractivity contribution >= 4 is 17.5 Å². The quantitative estimate of drug-likeness (QED) is 0.850. The van der Waals surface area contributed by atoms with Gasteiger partial charge >= 0.3 is 0 Å². The van der Waals surface area contributed by atoms with Crippen molar-refractivity contribution in [1.82, 2.24) is 5.32 Å². The average Bonchev–Trinajstić information content (AvgIpc) is 2.62. The van der Waals surface area contributed by atoms with Crippen LogP contribution in [0.1, 0.15) is 29.9 Å². The van der Waals surface area contributed by atoms with Gasteiger partial charge in [0.25, 0.3) is 0 Å². The zero-order valence-electron chi connectivity index (χ0n) is 11.9. The highest BCUT2D eigenvalue weighted by atomic mass is 35.5. The highest BCUT2D eigenvalue weighted by Gasteiger charge is 2.27. The van der Waals surface area contributed by atoms with Crippen LogP contribution in [-0.4, -0.2) is 32.6 Å². The average molecular weight is 298 g/mol. The number of benzene rings is 1. The molecule has 4 nitrogen and oxygen atoms in total. The van der Waals surface area contributed by atoms with Gasteiger partial charge in [-0.25, -0.2) is 0 Å². The van der Waals surface area contributed by atoms with E-state index in [-0.39, 0.29) is 11.8 Å². The molecule has 0 spiro atoms. The Labute approximate surface area is 124 Å². The van der Waals surface area contributed by atoms with E-state index in [1.165, 1.54) is 0 Å². The molecule has 0 aliphatic carbocycles. The number of carbonyl (C=O) groups excluding carboxylic acids is 1. The Balaban J connectivity index is 2.44. The Hall–Kier alpha value is -1.42. The Morgan fingerprint density at radius 1 is 1.30 bits per heavy atom. The zero-order valence-corrected chi connectivity index (χ0v) is 12.6. The molecule has 1 N–H and O–H groups in total. The van der Waals surface area contributed by atoms with Crippen molar-refractivity contribution in [3.8, 4) is 11.5 Å². The first-order valence-electron chi connectivity index (χ1n) is 6.79. The van der Waals surface area contributed by atoms with Gasteiger partial charge in [0.15, 0.2) is 11.5 Å². The minimum atomic E-state index is -0.161. The van der Waals surface area contributed by atoms with Crippen molar-refractivity contribution in [2.75, 3.05) is 26.6 Å². The van der Waals surface area contributed by atoms with E-state index in [2.05, 4.69) is 5.32 Å². The Kier molecular flexibility index (Phi) is 5.12. The Morgan fingerprint density at radius 2 is 2.00 bits per heavy atom. The molecular formula is C15H20ClNO3. The summed E-state index contributed by atoms with van der Waals surface area (Å²) in [5.74, 6) is 1.84. The molecule has 0 radical (unpaired) electrons. The van der Waals surface area contributed by atoms with Crippen LogP contribution in [0.3, 0.4) is 0 Å². The fraction of sp³-hybridized carbons (Fsp3) is 0.533. The number of fused-ring (bicyclic) bond motifs is 1. The normalized spacial score (nSPS) is 17.9. The SMILES string of the molecule is COc1cc2c(cc1OC)C(CCCCl)C(=O)NCC2. The number of alkyl halides is 1. The molecule has 1 unspecified atom stereocenters. The first-order valence-corrected chi connectivity index (χ1v) is 7.33. The van der Waals surface area contributed by atoms with Gasteiger partial charge in [-0.3, -0.25) is 4.79 Å². The molecule has 1 amide bonds. The van der Waals surface area contributed by atoms with Gasteiger partial charge in [-0.15, -0.1) is 11.6 Å². The third-order valence-electron chi connectivity index (χ3n) is 3.66. The van der Waals surface area contributed by atoms with E-state index in [9.17, 15) is 4.79 Å². The van der Waals surface area contributed by atoms with Crippen molar-refractivity contribution in [1.29, 1.82) is 0 Å². The summed E-state index contributed by atoms with van der Waals surface area (Å²) in [5.41, 5.74) is 2.17. The molecule has 2 rings (SSSR count). The molecule has 0 fully saturated rings. The number of methoxy groups -OCH3 is 2. The summed E-state index contributed by atoms with van der Waals surface area (Å²) in [6.07, 6.45) is 2.37. The molecule has 0 aromatic heterocycles. The summed E-state index contributed by atoms with van der Waals surface area (Å²) in [6.45, 7) is 0.651. The maximum absolute atomic E-state index is 12.2. The van der Waals surface area contributed by atoms with E-state index in [0.717, 1.165) is 30.4 Å². The molecule has 110 valence electrons. The Bertz CT molecular complexity index is 490. The van der Waals surface area contributed by atoms with E-state index < -0.39 is 0 Å². The lowest BCUT2D eigenvalue weighted by molar-refractivity contribution is -0.122. The lowest BCUT2D eigenvalue weighted by atomic mass is 9.89. The lowest BCUT2D eigenvalue weighted by Crippen LogP contribution is -2.28. The molecule has 0 bridgehead atoms. The number of rotatable bonds is 5. The van der Waals surface area contributed by atoms with Crippen LogP contribution in [0.4, 0.5) is 0 Å². The van der Waals surface area contributed by atoms with Gasteiger partial charge in [0.1, 0.15) is 0 Å². The predicted molar refractivity (Wildman–Crippen MR) is 79.0 cm³/mol. The summed E-state index contributed by atoms with van der Waals surface area (Å²) < 4.78 is 10.7. The van der Waals surface area contributed by atoms with Gasteiger partial charge in [0, 0.05) is 12.4 Å². The molecule has 5 heteroatoms. The lowest BCUT2D eigenvalue weighted by Gasteiger charge is -2.18. The van der Waals surface area contributed by atoms with Crippen LogP contribution in [0.25, 0.3) is 0 Å². The van der Waals surface area contributed by atoms with Gasteiger partial charge in [0.2, 0.25) is 5.91 Å². The van der Waals surface area contributed by atoms with Gasteiger partial charge in [0.05, 0.1) is 20.1 Å². The predicted octanol–water partition coefficient (Wildman–Crippen LogP) is 2.48. The summed E-state index contributed by atoms with van der Waals surface area (Å²) in [6, 6.07) is 3.90. The number of halogens is 1. The fourth-order valence-corrected chi connectivity index (χ4v) is 2.78. The topological polar surface area (TPSA) is 47.6 Å². The number of hydrogen-bond donors (Lipinski definition) is 1. The molecule has 1 heterocycles. The third kappa shape index (κ3) is 3.01. The number of nitrogens with one attached hydrogen (secondary N) is 1. The van der Waals surface area contributed by atoms with Crippen molar-refractivity contribution in [3.63, 3.8) is 0 Å². The summed E-state index contributed by atoms with van der Waals surface area (Å²) in [5, 5.41) is 2.96. The zero-order chi connectivity index (χ0) is 14.5. The smallest absolute Gasteiger partial charge is 0.227 e. The second kappa shape index (κ2) is 6.84. The number of amides is 1. The highest BCUT2D eigenvalue weighted by Crippen LogP contribution is 2.36. The van der Waals surface area contributed by atoms with Crippen LogP contribution in [0.5, 0.6) is 11.5 Å². The molecule has 1 aliphatic rings. The van der Waals surface area contributed by atoms with Gasteiger partial charge in [-0.2, -0.15) is 0 Å². The highest BCUT2D eigenvalue weighted by molar-refractivity contribution is 6.17. The van der Waals surface area contributed by atoms with Crippen molar-refractivity contribution in [2.45, 2.75) is 25.2 Å². The first-order chi connectivity index (χ1) is 9.71. The monoisotopic (exact) mass is 297 g/mol. The number of ether oxygens (including phenoxy) is 2. The first kappa shape index (κ1) is 15.0. The van der Waals surface area contributed by atoms with Gasteiger partial charge in [-0.1, -0.05) is 0 Å². The fourth-order valence-electron chi connectivity index (χ4n) is 2.63. The maximum atomic E-state index is 12.2. The molecule has 1 aromatic rings. The van der Waals surface area contributed by atoms with E-state index >= 15 is 0 Å². The van der Waals surface area contributed by atoms with E-state index in [1.807, 2.05) is 12.1 Å². The van der Waals surface area contributed by atoms with Crippen LogP contribution in [0.15, 0.2) is 12.1 Å². The van der Waals surface area contributed by atoms with Crippen LogP contribution in [0, 0.1) is 0 Å². The van der Waals surface area contributed by atoms with Crippen molar-refractivity contribution in [3.05, 3.63) is 23.3 Å². The Morgan fingerprint density at radius 3 is 2.65 bits per heavy atom. The summed E-state index contributed by atoms with van der Waals surface area (Å²) in [7, 11) is 3.23. The number of carbonyl (C=O) groups is 1. The van der Waals surface area contributed by atoms with E-state index in [1.54, 1.807) is 14.2 Å². The van der Waals surface area contributed by atoms with Crippen LogP contribution >= 0.6 is 11.6 Å².